The van der Waals surface area contributed by atoms with Gasteiger partial charge < -0.3 is 20.9 Å². The van der Waals surface area contributed by atoms with Crippen molar-refractivity contribution in [3.05, 3.63) is 59.3 Å². The molecule has 1 unspecified atom stereocenters. The Morgan fingerprint density at radius 2 is 1.67 bits per heavy atom. The van der Waals surface area contributed by atoms with Crippen molar-refractivity contribution in [1.29, 1.82) is 0 Å². The van der Waals surface area contributed by atoms with Gasteiger partial charge >= 0.3 is 6.03 Å². The van der Waals surface area contributed by atoms with Gasteiger partial charge in [-0.2, -0.15) is 4.98 Å². The fraction of sp³-hybridized carbons (Fsp3) is 0.483. The second-order valence-corrected chi connectivity index (χ2v) is 10.5. The number of amides is 2. The number of nitrogens with zero attached hydrogens (tertiary/aromatic N) is 3. The number of hydrogen-bond donors (Lipinski definition) is 3. The molecule has 3 aromatic rings. The molecule has 1 saturated carbocycles. The molecule has 0 aliphatic heterocycles. The van der Waals surface area contributed by atoms with Crippen LogP contribution in [0.25, 0.3) is 10.8 Å². The van der Waals surface area contributed by atoms with Crippen LogP contribution in [0.3, 0.4) is 0 Å². The van der Waals surface area contributed by atoms with Crippen LogP contribution in [-0.2, 0) is 12.8 Å². The fourth-order valence-corrected chi connectivity index (χ4v) is 5.70. The molecule has 1 aromatic heterocycles. The number of anilines is 2. The number of fused-ring (bicyclic) bond motifs is 2. The number of aryl methyl sites for hydroxylation is 1. The van der Waals surface area contributed by atoms with E-state index in [9.17, 15) is 4.79 Å². The van der Waals surface area contributed by atoms with Gasteiger partial charge in [0.25, 0.3) is 0 Å². The van der Waals surface area contributed by atoms with Crippen molar-refractivity contribution >= 4 is 28.6 Å². The molecular formula is C29H38N6O. The first kappa shape index (κ1) is 24.3. The maximum Gasteiger partial charge on any atom is 0.315 e. The number of benzene rings is 2. The molecule has 2 aliphatic carbocycles. The molecule has 1 atom stereocenters. The molecule has 0 spiro atoms. The van der Waals surface area contributed by atoms with Gasteiger partial charge in [-0.1, -0.05) is 42.5 Å². The number of carbonyl (C=O) groups excluding carboxylic acids is 1. The average Bonchev–Trinajstić information content (AvgIpc) is 2.89. The second kappa shape index (κ2) is 10.7. The molecule has 0 bridgehead atoms. The van der Waals surface area contributed by atoms with Crippen molar-refractivity contribution in [3.8, 4) is 0 Å². The molecule has 7 nitrogen and oxygen atoms in total. The summed E-state index contributed by atoms with van der Waals surface area (Å²) in [7, 11) is 4.12. The van der Waals surface area contributed by atoms with Crippen molar-refractivity contribution in [3.63, 3.8) is 0 Å². The summed E-state index contributed by atoms with van der Waals surface area (Å²) in [5.74, 6) is 1.80. The van der Waals surface area contributed by atoms with E-state index in [-0.39, 0.29) is 18.1 Å². The first-order valence-electron chi connectivity index (χ1n) is 13.4. The molecule has 0 radical (unpaired) electrons. The van der Waals surface area contributed by atoms with Gasteiger partial charge in [-0.15, -0.1) is 0 Å². The zero-order chi connectivity index (χ0) is 25.1. The highest BCUT2D eigenvalue weighted by Gasteiger charge is 2.25. The topological polar surface area (TPSA) is 82.2 Å². The summed E-state index contributed by atoms with van der Waals surface area (Å²) < 4.78 is 0. The maximum atomic E-state index is 12.8. The highest BCUT2D eigenvalue weighted by atomic mass is 16.2. The van der Waals surface area contributed by atoms with E-state index >= 15 is 0 Å². The van der Waals surface area contributed by atoms with Crippen LogP contribution < -0.4 is 20.9 Å². The Morgan fingerprint density at radius 3 is 2.47 bits per heavy atom. The normalized spacial score (nSPS) is 20.3. The lowest BCUT2D eigenvalue weighted by Gasteiger charge is -2.31. The van der Waals surface area contributed by atoms with E-state index in [1.807, 2.05) is 19.1 Å². The zero-order valence-electron chi connectivity index (χ0n) is 21.7. The predicted octanol–water partition coefficient (Wildman–Crippen LogP) is 5.36. The van der Waals surface area contributed by atoms with Crippen LogP contribution in [0.5, 0.6) is 0 Å². The van der Waals surface area contributed by atoms with Crippen LogP contribution in [0.15, 0.2) is 42.5 Å². The predicted molar refractivity (Wildman–Crippen MR) is 147 cm³/mol. The average molecular weight is 487 g/mol. The van der Waals surface area contributed by atoms with Crippen molar-refractivity contribution in [2.24, 2.45) is 0 Å². The molecule has 1 fully saturated rings. The summed E-state index contributed by atoms with van der Waals surface area (Å²) >= 11 is 0. The van der Waals surface area contributed by atoms with Gasteiger partial charge in [0.2, 0.25) is 5.95 Å². The monoisotopic (exact) mass is 486 g/mol. The lowest BCUT2D eigenvalue weighted by molar-refractivity contribution is 0.229. The van der Waals surface area contributed by atoms with Crippen LogP contribution in [0.2, 0.25) is 0 Å². The molecule has 0 saturated heterocycles. The van der Waals surface area contributed by atoms with Gasteiger partial charge in [-0.05, 0) is 74.6 Å². The van der Waals surface area contributed by atoms with E-state index in [2.05, 4.69) is 65.3 Å². The number of nitrogens with one attached hydrogen (secondary N) is 3. The largest absolute Gasteiger partial charge is 0.362 e. The smallest absolute Gasteiger partial charge is 0.315 e. The molecule has 2 aromatic carbocycles. The van der Waals surface area contributed by atoms with Crippen LogP contribution >= 0.6 is 0 Å². The number of rotatable bonds is 6. The molecule has 7 heteroatoms. The number of hydrogen-bond acceptors (Lipinski definition) is 5. The quantitative estimate of drug-likeness (QED) is 0.437. The molecule has 36 heavy (non-hydrogen) atoms. The highest BCUT2D eigenvalue weighted by molar-refractivity contribution is 5.86. The second-order valence-electron chi connectivity index (χ2n) is 10.5. The van der Waals surface area contributed by atoms with E-state index in [1.165, 1.54) is 34.9 Å². The summed E-state index contributed by atoms with van der Waals surface area (Å²) in [4.78, 5) is 24.6. The minimum Gasteiger partial charge on any atom is -0.362 e. The summed E-state index contributed by atoms with van der Waals surface area (Å²) in [6, 6.07) is 14.9. The lowest BCUT2D eigenvalue weighted by Crippen LogP contribution is -2.45. The number of carbonyl (C=O) groups is 1. The summed E-state index contributed by atoms with van der Waals surface area (Å²) in [6.07, 6.45) is 8.39. The Hall–Kier alpha value is -3.35. The number of aromatic nitrogens is 2. The van der Waals surface area contributed by atoms with Crippen molar-refractivity contribution in [1.82, 2.24) is 20.6 Å². The fourth-order valence-electron chi connectivity index (χ4n) is 5.70. The first-order chi connectivity index (χ1) is 17.5. The summed E-state index contributed by atoms with van der Waals surface area (Å²) in [5.41, 5.74) is 3.65. The Balaban J connectivity index is 1.14. The van der Waals surface area contributed by atoms with Gasteiger partial charge in [0.05, 0.1) is 11.7 Å². The van der Waals surface area contributed by atoms with Crippen LogP contribution in [-0.4, -0.2) is 42.2 Å². The van der Waals surface area contributed by atoms with Gasteiger partial charge in [0, 0.05) is 31.7 Å². The maximum absolute atomic E-state index is 12.8. The molecule has 1 heterocycles. The number of urea groups is 1. The Morgan fingerprint density at radius 1 is 0.944 bits per heavy atom. The van der Waals surface area contributed by atoms with E-state index < -0.39 is 0 Å². The molecular weight excluding hydrogens is 448 g/mol. The molecule has 190 valence electrons. The Kier molecular flexibility index (Phi) is 7.25. The van der Waals surface area contributed by atoms with Crippen LogP contribution in [0, 0.1) is 0 Å². The zero-order valence-corrected chi connectivity index (χ0v) is 21.7. The van der Waals surface area contributed by atoms with Crippen LogP contribution in [0.4, 0.5) is 16.6 Å². The van der Waals surface area contributed by atoms with Crippen molar-refractivity contribution in [2.45, 2.75) is 76.4 Å². The SMILES string of the molecule is CC(NC(=O)N[C@H]1CC[C@@H](Nc2nc3c(c(N(C)C)n2)CCCC3)CC1)c1cccc2ccccc12. The minimum atomic E-state index is -0.0968. The van der Waals surface area contributed by atoms with Crippen LogP contribution in [0.1, 0.15) is 68.3 Å². The summed E-state index contributed by atoms with van der Waals surface area (Å²) in [5, 5.41) is 12.3. The van der Waals surface area contributed by atoms with E-state index in [0.717, 1.165) is 55.9 Å². The van der Waals surface area contributed by atoms with Crippen molar-refractivity contribution in [2.75, 3.05) is 24.3 Å². The highest BCUT2D eigenvalue weighted by Crippen LogP contribution is 2.29. The van der Waals surface area contributed by atoms with E-state index in [1.54, 1.807) is 0 Å². The first-order valence-corrected chi connectivity index (χ1v) is 13.4. The third-order valence-electron chi connectivity index (χ3n) is 7.62. The van der Waals surface area contributed by atoms with Gasteiger partial charge in [-0.25, -0.2) is 9.78 Å². The lowest BCUT2D eigenvalue weighted by atomic mass is 9.91. The standard InChI is InChI=1S/C29H38N6O/c1-19(23-13-8-10-20-9-4-5-11-24(20)23)30-29(36)32-22-17-15-21(16-18-22)31-28-33-26-14-7-6-12-25(26)27(34-28)35(2)3/h4-5,8-11,13,19,21-22H,6-7,12,14-18H2,1-3H3,(H2,30,32,36)(H,31,33,34)/t19?,21-,22+. The third-order valence-corrected chi connectivity index (χ3v) is 7.62. The molecule has 5 rings (SSSR count). The van der Waals surface area contributed by atoms with E-state index in [4.69, 9.17) is 9.97 Å². The molecule has 2 aliphatic rings. The third kappa shape index (κ3) is 5.40. The van der Waals surface area contributed by atoms with Gasteiger partial charge in [0.1, 0.15) is 5.82 Å². The Labute approximate surface area is 214 Å². The molecule has 2 amide bonds. The van der Waals surface area contributed by atoms with E-state index in [0.29, 0.717) is 6.04 Å². The Bertz CT molecular complexity index is 1210. The van der Waals surface area contributed by atoms with Gasteiger partial charge in [-0.3, -0.25) is 0 Å². The summed E-state index contributed by atoms with van der Waals surface area (Å²) in [6.45, 7) is 2.04. The minimum absolute atomic E-state index is 0.0684. The van der Waals surface area contributed by atoms with Crippen molar-refractivity contribution < 1.29 is 4.79 Å². The molecule has 3 N–H and O–H groups in total. The van der Waals surface area contributed by atoms with Gasteiger partial charge in [0.15, 0.2) is 0 Å².